The summed E-state index contributed by atoms with van der Waals surface area (Å²) in [7, 11) is 1.37. The molecule has 2 aromatic carbocycles. The summed E-state index contributed by atoms with van der Waals surface area (Å²) in [6, 6.07) is 8.17. The Kier molecular flexibility index (Phi) is 4.64. The zero-order chi connectivity index (χ0) is 19.7. The van der Waals surface area contributed by atoms with Crippen LogP contribution < -0.4 is 4.74 Å². The second-order valence-electron chi connectivity index (χ2n) is 5.92. The summed E-state index contributed by atoms with van der Waals surface area (Å²) in [5, 5.41) is 38.3. The summed E-state index contributed by atoms with van der Waals surface area (Å²) in [6.07, 6.45) is -0.0476. The fourth-order valence-electron chi connectivity index (χ4n) is 2.93. The van der Waals surface area contributed by atoms with Crippen LogP contribution in [0.5, 0.6) is 23.0 Å². The van der Waals surface area contributed by atoms with Crippen molar-refractivity contribution in [2.45, 2.75) is 12.0 Å². The molecule has 0 radical (unpaired) electrons. The van der Waals surface area contributed by atoms with Crippen molar-refractivity contribution in [3.63, 3.8) is 0 Å². The van der Waals surface area contributed by atoms with Gasteiger partial charge in [-0.2, -0.15) is 0 Å². The van der Waals surface area contributed by atoms with E-state index in [2.05, 4.69) is 0 Å². The maximum absolute atomic E-state index is 12.3. The van der Waals surface area contributed by atoms with Crippen molar-refractivity contribution in [1.29, 1.82) is 0 Å². The van der Waals surface area contributed by atoms with Crippen LogP contribution >= 0.6 is 0 Å². The van der Waals surface area contributed by atoms with Gasteiger partial charge in [-0.3, -0.25) is 0 Å². The van der Waals surface area contributed by atoms with Crippen LogP contribution in [0, 0.1) is 0 Å². The van der Waals surface area contributed by atoms with E-state index in [9.17, 15) is 30.0 Å². The van der Waals surface area contributed by atoms with E-state index in [0.29, 0.717) is 11.1 Å². The number of phenolic OH excluding ortho intramolecular Hbond substituents is 3. The normalized spacial score (nSPS) is 20.5. The second-order valence-corrected chi connectivity index (χ2v) is 5.92. The molecule has 1 saturated heterocycles. The van der Waals surface area contributed by atoms with E-state index in [1.54, 1.807) is 0 Å². The first-order chi connectivity index (χ1) is 12.8. The molecule has 0 unspecified atom stereocenters. The molecule has 0 spiro atoms. The monoisotopic (exact) mass is 372 g/mol. The van der Waals surface area contributed by atoms with E-state index >= 15 is 0 Å². The zero-order valence-electron chi connectivity index (χ0n) is 14.1. The highest BCUT2D eigenvalue weighted by atomic mass is 16.6. The Bertz CT molecular complexity index is 947. The quantitative estimate of drug-likeness (QED) is 0.364. The zero-order valence-corrected chi connectivity index (χ0v) is 14.1. The molecule has 0 aliphatic carbocycles. The van der Waals surface area contributed by atoms with Crippen LogP contribution in [-0.4, -0.2) is 45.6 Å². The van der Waals surface area contributed by atoms with E-state index < -0.39 is 29.7 Å². The van der Waals surface area contributed by atoms with Gasteiger partial charge in [-0.05, 0) is 41.5 Å². The summed E-state index contributed by atoms with van der Waals surface area (Å²) < 4.78 is 10.0. The molecule has 140 valence electrons. The Hall–Kier alpha value is -3.68. The fraction of sp³-hybridized carbons (Fsp3) is 0.158. The van der Waals surface area contributed by atoms with Crippen LogP contribution in [0.15, 0.2) is 42.0 Å². The van der Waals surface area contributed by atoms with Gasteiger partial charge in [-0.25, -0.2) is 9.59 Å². The van der Waals surface area contributed by atoms with Gasteiger partial charge in [0.05, 0.1) is 13.0 Å². The van der Waals surface area contributed by atoms with Crippen molar-refractivity contribution in [3.05, 3.63) is 53.1 Å². The summed E-state index contributed by atoms with van der Waals surface area (Å²) in [5.41, 5.74) is 0.830. The van der Waals surface area contributed by atoms with E-state index in [0.717, 1.165) is 0 Å². The fourth-order valence-corrected chi connectivity index (χ4v) is 2.93. The number of carboxylic acid groups (broad SMARTS) is 1. The molecule has 27 heavy (non-hydrogen) atoms. The Morgan fingerprint density at radius 2 is 1.78 bits per heavy atom. The maximum atomic E-state index is 12.3. The Labute approximate surface area is 153 Å². The second kappa shape index (κ2) is 6.91. The number of carbonyl (C=O) groups excluding carboxylic acids is 1. The van der Waals surface area contributed by atoms with Crippen LogP contribution in [0.4, 0.5) is 0 Å². The Balaban J connectivity index is 2.11. The number of methoxy groups -OCH3 is 1. The van der Waals surface area contributed by atoms with Gasteiger partial charge in [0, 0.05) is 5.57 Å². The number of carboxylic acids is 1. The number of carbonyl (C=O) groups is 2. The lowest BCUT2D eigenvalue weighted by molar-refractivity contribution is -0.156. The number of aromatic hydroxyl groups is 3. The molecule has 2 atom stereocenters. The molecule has 0 aromatic heterocycles. The minimum absolute atomic E-state index is 0.0558. The number of esters is 1. The Morgan fingerprint density at radius 3 is 2.41 bits per heavy atom. The van der Waals surface area contributed by atoms with Gasteiger partial charge in [0.2, 0.25) is 6.10 Å². The van der Waals surface area contributed by atoms with Crippen molar-refractivity contribution >= 4 is 18.0 Å². The minimum atomic E-state index is -1.48. The van der Waals surface area contributed by atoms with Gasteiger partial charge >= 0.3 is 11.9 Å². The average Bonchev–Trinajstić information content (AvgIpc) is 2.96. The predicted molar refractivity (Wildman–Crippen MR) is 92.7 cm³/mol. The van der Waals surface area contributed by atoms with Crippen molar-refractivity contribution in [2.75, 3.05) is 7.11 Å². The van der Waals surface area contributed by atoms with E-state index in [1.165, 1.54) is 49.6 Å². The van der Waals surface area contributed by atoms with Crippen LogP contribution in [0.2, 0.25) is 0 Å². The summed E-state index contributed by atoms with van der Waals surface area (Å²) >= 11 is 0. The molecule has 1 aliphatic rings. The lowest BCUT2D eigenvalue weighted by Crippen LogP contribution is -2.25. The molecule has 4 N–H and O–H groups in total. The lowest BCUT2D eigenvalue weighted by Gasteiger charge is -2.15. The average molecular weight is 372 g/mol. The molecule has 0 saturated carbocycles. The number of ether oxygens (including phenoxy) is 2. The molecule has 8 nitrogen and oxygen atoms in total. The van der Waals surface area contributed by atoms with Gasteiger partial charge < -0.3 is 29.9 Å². The first kappa shape index (κ1) is 18.1. The predicted octanol–water partition coefficient (Wildman–Crippen LogP) is 1.99. The van der Waals surface area contributed by atoms with Crippen LogP contribution in [0.25, 0.3) is 6.08 Å². The third kappa shape index (κ3) is 3.37. The van der Waals surface area contributed by atoms with Gasteiger partial charge in [0.15, 0.2) is 23.0 Å². The number of benzene rings is 2. The topological polar surface area (TPSA) is 134 Å². The highest BCUT2D eigenvalue weighted by Gasteiger charge is 2.45. The number of hydrogen-bond donors (Lipinski definition) is 4. The molecule has 8 heteroatoms. The van der Waals surface area contributed by atoms with Gasteiger partial charge in [0.25, 0.3) is 0 Å². The largest absolute Gasteiger partial charge is 0.504 e. The molecule has 1 aliphatic heterocycles. The van der Waals surface area contributed by atoms with Gasteiger partial charge in [-0.1, -0.05) is 12.1 Å². The number of rotatable bonds is 4. The van der Waals surface area contributed by atoms with Gasteiger partial charge in [0.1, 0.15) is 0 Å². The van der Waals surface area contributed by atoms with E-state index in [-0.39, 0.29) is 22.8 Å². The van der Waals surface area contributed by atoms with Crippen molar-refractivity contribution in [1.82, 2.24) is 0 Å². The Morgan fingerprint density at radius 1 is 1.07 bits per heavy atom. The SMILES string of the molecule is COc1cc(/C=C2\C(=O)O[C@@H](C(=O)O)[C@@H]2c2ccc(O)c(O)c2)ccc1O. The number of aliphatic carboxylic acids is 1. The smallest absolute Gasteiger partial charge is 0.346 e. The van der Waals surface area contributed by atoms with Crippen LogP contribution in [0.3, 0.4) is 0 Å². The molecular weight excluding hydrogens is 356 g/mol. The molecule has 0 bridgehead atoms. The molecular formula is C19H16O8. The van der Waals surface area contributed by atoms with E-state index in [4.69, 9.17) is 9.47 Å². The molecule has 1 heterocycles. The van der Waals surface area contributed by atoms with E-state index in [1.807, 2.05) is 0 Å². The van der Waals surface area contributed by atoms with Crippen LogP contribution in [0.1, 0.15) is 17.0 Å². The summed E-state index contributed by atoms with van der Waals surface area (Å²) in [6.45, 7) is 0. The summed E-state index contributed by atoms with van der Waals surface area (Å²) in [4.78, 5) is 23.9. The molecule has 0 amide bonds. The van der Waals surface area contributed by atoms with Crippen molar-refractivity contribution in [3.8, 4) is 23.0 Å². The molecule has 2 aromatic rings. The lowest BCUT2D eigenvalue weighted by atomic mass is 9.87. The third-order valence-corrected chi connectivity index (χ3v) is 4.24. The van der Waals surface area contributed by atoms with Crippen molar-refractivity contribution in [2.24, 2.45) is 0 Å². The standard InChI is InChI=1S/C19H16O8/c1-26-15-7-9(2-4-13(15)21)6-11-16(17(18(23)24)27-19(11)25)10-3-5-12(20)14(22)8-10/h2-8,16-17,20-22H,1H3,(H,23,24)/b11-6-/t16-,17-/m1/s1. The number of phenols is 3. The van der Waals surface area contributed by atoms with Gasteiger partial charge in [-0.15, -0.1) is 0 Å². The minimum Gasteiger partial charge on any atom is -0.504 e. The number of cyclic esters (lactones) is 1. The van der Waals surface area contributed by atoms with Crippen molar-refractivity contribution < 1.29 is 39.5 Å². The third-order valence-electron chi connectivity index (χ3n) is 4.24. The summed E-state index contributed by atoms with van der Waals surface area (Å²) in [5.74, 6) is -3.87. The number of hydrogen-bond acceptors (Lipinski definition) is 7. The maximum Gasteiger partial charge on any atom is 0.346 e. The highest BCUT2D eigenvalue weighted by molar-refractivity contribution is 6.01. The van der Waals surface area contributed by atoms with Crippen LogP contribution in [-0.2, 0) is 14.3 Å². The first-order valence-corrected chi connectivity index (χ1v) is 7.86. The molecule has 1 fully saturated rings. The highest BCUT2D eigenvalue weighted by Crippen LogP contribution is 2.41. The first-order valence-electron chi connectivity index (χ1n) is 7.86. The molecule has 3 rings (SSSR count).